The van der Waals surface area contributed by atoms with Crippen molar-refractivity contribution in [1.29, 1.82) is 0 Å². The Balaban J connectivity index is 2.12. The first-order valence-electron chi connectivity index (χ1n) is 6.65. The quantitative estimate of drug-likeness (QED) is 0.341. The van der Waals surface area contributed by atoms with Gasteiger partial charge in [0.15, 0.2) is 5.79 Å². The molecule has 2 heterocycles. The molecule has 0 spiro atoms. The zero-order valence-electron chi connectivity index (χ0n) is 12.1. The molecule has 0 aromatic heterocycles. The Labute approximate surface area is 121 Å². The first kappa shape index (κ1) is 16.0. The van der Waals surface area contributed by atoms with E-state index in [2.05, 4.69) is 14.8 Å². The first-order chi connectivity index (χ1) is 9.88. The molecule has 0 unspecified atom stereocenters. The van der Waals surface area contributed by atoms with Gasteiger partial charge in [0, 0.05) is 4.91 Å². The molecule has 0 saturated carbocycles. The van der Waals surface area contributed by atoms with Gasteiger partial charge in [0.25, 0.3) is 0 Å². The van der Waals surface area contributed by atoms with Crippen LogP contribution in [-0.2, 0) is 23.7 Å². The molecule has 2 saturated heterocycles. The SMILES string of the molecule is COC(=O)C[C@H]1O[C@H]([C@H](O)CN=[N+]=[N-])[C@@H]2OC(C)(C)O[C@@H]21. The number of hydrogen-bond donors (Lipinski definition) is 1. The first-order valence-corrected chi connectivity index (χ1v) is 6.65. The lowest BCUT2D eigenvalue weighted by Gasteiger charge is -2.25. The Hall–Kier alpha value is -1.38. The third-order valence-electron chi connectivity index (χ3n) is 3.49. The number of methoxy groups -OCH3 is 1. The molecule has 5 atom stereocenters. The molecule has 0 aromatic rings. The van der Waals surface area contributed by atoms with Crippen LogP contribution >= 0.6 is 0 Å². The second-order valence-electron chi connectivity index (χ2n) is 5.46. The largest absolute Gasteiger partial charge is 0.469 e. The van der Waals surface area contributed by atoms with Crippen LogP contribution in [0.5, 0.6) is 0 Å². The van der Waals surface area contributed by atoms with E-state index in [1.807, 2.05) is 0 Å². The maximum absolute atomic E-state index is 11.4. The van der Waals surface area contributed by atoms with Gasteiger partial charge in [-0.15, -0.1) is 0 Å². The van der Waals surface area contributed by atoms with Crippen LogP contribution in [0.2, 0.25) is 0 Å². The normalized spacial score (nSPS) is 34.9. The molecular formula is C12H19N3O6. The Kier molecular flexibility index (Phi) is 4.70. The van der Waals surface area contributed by atoms with Crippen LogP contribution in [0.3, 0.4) is 0 Å². The van der Waals surface area contributed by atoms with Gasteiger partial charge < -0.3 is 24.1 Å². The van der Waals surface area contributed by atoms with Gasteiger partial charge in [-0.3, -0.25) is 4.79 Å². The topological polar surface area (TPSA) is 123 Å². The Bertz CT molecular complexity index is 450. The molecule has 0 radical (unpaired) electrons. The summed E-state index contributed by atoms with van der Waals surface area (Å²) in [5.74, 6) is -1.26. The minimum absolute atomic E-state index is 0.00183. The number of ether oxygens (including phenoxy) is 4. The van der Waals surface area contributed by atoms with E-state index < -0.39 is 42.3 Å². The van der Waals surface area contributed by atoms with Crippen LogP contribution < -0.4 is 0 Å². The van der Waals surface area contributed by atoms with E-state index in [-0.39, 0.29) is 13.0 Å². The fourth-order valence-corrected chi connectivity index (χ4v) is 2.66. The molecule has 0 amide bonds. The van der Waals surface area contributed by atoms with E-state index in [9.17, 15) is 9.90 Å². The average Bonchev–Trinajstić information content (AvgIpc) is 2.90. The van der Waals surface area contributed by atoms with Gasteiger partial charge in [0.1, 0.15) is 18.3 Å². The summed E-state index contributed by atoms with van der Waals surface area (Å²) in [4.78, 5) is 14.0. The van der Waals surface area contributed by atoms with Crippen molar-refractivity contribution in [1.82, 2.24) is 0 Å². The summed E-state index contributed by atoms with van der Waals surface area (Å²) < 4.78 is 21.8. The Morgan fingerprint density at radius 3 is 2.76 bits per heavy atom. The Morgan fingerprint density at radius 2 is 2.14 bits per heavy atom. The van der Waals surface area contributed by atoms with Crippen molar-refractivity contribution in [2.45, 2.75) is 56.6 Å². The number of carbonyl (C=O) groups excluding carboxylic acids is 1. The monoisotopic (exact) mass is 301 g/mol. The minimum atomic E-state index is -1.03. The number of carbonyl (C=O) groups is 1. The fraction of sp³-hybridized carbons (Fsp3) is 0.917. The van der Waals surface area contributed by atoms with Crippen molar-refractivity contribution in [3.05, 3.63) is 10.4 Å². The molecule has 9 nitrogen and oxygen atoms in total. The molecule has 2 aliphatic rings. The van der Waals surface area contributed by atoms with Crippen LogP contribution in [0.4, 0.5) is 0 Å². The van der Waals surface area contributed by atoms with Gasteiger partial charge in [-0.2, -0.15) is 0 Å². The van der Waals surface area contributed by atoms with Gasteiger partial charge in [0.05, 0.1) is 32.3 Å². The number of fused-ring (bicyclic) bond motifs is 1. The van der Waals surface area contributed by atoms with Gasteiger partial charge in [-0.25, -0.2) is 0 Å². The van der Waals surface area contributed by atoms with Crippen molar-refractivity contribution in [3.63, 3.8) is 0 Å². The van der Waals surface area contributed by atoms with Gasteiger partial charge in [-0.05, 0) is 19.4 Å². The maximum atomic E-state index is 11.4. The molecule has 0 aromatic carbocycles. The van der Waals surface area contributed by atoms with E-state index in [4.69, 9.17) is 19.7 Å². The number of aliphatic hydroxyl groups is 1. The van der Waals surface area contributed by atoms with E-state index in [1.165, 1.54) is 7.11 Å². The van der Waals surface area contributed by atoms with Crippen molar-refractivity contribution in [2.75, 3.05) is 13.7 Å². The molecule has 1 N–H and O–H groups in total. The number of aliphatic hydroxyl groups excluding tert-OH is 1. The zero-order chi connectivity index (χ0) is 15.6. The molecule has 9 heteroatoms. The molecule has 0 aliphatic carbocycles. The Morgan fingerprint density at radius 1 is 1.48 bits per heavy atom. The number of esters is 1. The highest BCUT2D eigenvalue weighted by atomic mass is 16.8. The van der Waals surface area contributed by atoms with E-state index >= 15 is 0 Å². The predicted octanol–water partition coefficient (Wildman–Crippen LogP) is 0.508. The number of azide groups is 1. The lowest BCUT2D eigenvalue weighted by atomic mass is 10.0. The summed E-state index contributed by atoms with van der Waals surface area (Å²) in [6.45, 7) is 3.36. The highest BCUT2D eigenvalue weighted by molar-refractivity contribution is 5.70. The van der Waals surface area contributed by atoms with Crippen molar-refractivity contribution in [2.24, 2.45) is 5.11 Å². The summed E-state index contributed by atoms with van der Waals surface area (Å²) >= 11 is 0. The van der Waals surface area contributed by atoms with Crippen molar-refractivity contribution in [3.8, 4) is 0 Å². The van der Waals surface area contributed by atoms with E-state index in [0.717, 1.165) is 0 Å². The average molecular weight is 301 g/mol. The van der Waals surface area contributed by atoms with Crippen LogP contribution in [0, 0.1) is 0 Å². The second-order valence-corrected chi connectivity index (χ2v) is 5.46. The maximum Gasteiger partial charge on any atom is 0.308 e. The summed E-state index contributed by atoms with van der Waals surface area (Å²) in [7, 11) is 1.29. The number of hydrogen-bond acceptors (Lipinski definition) is 7. The lowest BCUT2D eigenvalue weighted by molar-refractivity contribution is -0.198. The standard InChI is InChI=1S/C12H19N3O6/c1-12(2)20-10-7(4-8(17)18-3)19-9(11(10)21-12)6(16)5-14-15-13/h6-7,9-11,16H,4-5H2,1-3H3/t6-,7-,9-,10-,11+/m1/s1. The second kappa shape index (κ2) is 6.17. The highest BCUT2D eigenvalue weighted by Crippen LogP contribution is 2.40. The highest BCUT2D eigenvalue weighted by Gasteiger charge is 2.57. The predicted molar refractivity (Wildman–Crippen MR) is 69.1 cm³/mol. The molecule has 21 heavy (non-hydrogen) atoms. The summed E-state index contributed by atoms with van der Waals surface area (Å²) in [6.07, 6.45) is -3.34. The van der Waals surface area contributed by atoms with Gasteiger partial charge in [0.2, 0.25) is 0 Å². The summed E-state index contributed by atoms with van der Waals surface area (Å²) in [5, 5.41) is 13.4. The van der Waals surface area contributed by atoms with E-state index in [1.54, 1.807) is 13.8 Å². The van der Waals surface area contributed by atoms with Gasteiger partial charge >= 0.3 is 5.97 Å². The number of nitrogens with zero attached hydrogens (tertiary/aromatic N) is 3. The third-order valence-corrected chi connectivity index (χ3v) is 3.49. The molecular weight excluding hydrogens is 282 g/mol. The molecule has 2 rings (SSSR count). The van der Waals surface area contributed by atoms with Gasteiger partial charge in [-0.1, -0.05) is 5.11 Å². The zero-order valence-corrected chi connectivity index (χ0v) is 12.1. The van der Waals surface area contributed by atoms with E-state index in [0.29, 0.717) is 0 Å². The smallest absolute Gasteiger partial charge is 0.308 e. The molecule has 2 aliphatic heterocycles. The van der Waals surface area contributed by atoms with Crippen molar-refractivity contribution < 1.29 is 28.8 Å². The molecule has 0 bridgehead atoms. The van der Waals surface area contributed by atoms with Crippen LogP contribution in [-0.4, -0.2) is 61.0 Å². The van der Waals surface area contributed by atoms with Crippen LogP contribution in [0.15, 0.2) is 5.11 Å². The third kappa shape index (κ3) is 3.45. The number of rotatable bonds is 5. The van der Waals surface area contributed by atoms with Crippen LogP contribution in [0.1, 0.15) is 20.3 Å². The minimum Gasteiger partial charge on any atom is -0.469 e. The molecule has 118 valence electrons. The van der Waals surface area contributed by atoms with Crippen molar-refractivity contribution >= 4 is 5.97 Å². The summed E-state index contributed by atoms with van der Waals surface area (Å²) in [6, 6.07) is 0. The fourth-order valence-electron chi connectivity index (χ4n) is 2.66. The van der Waals surface area contributed by atoms with Crippen LogP contribution in [0.25, 0.3) is 10.4 Å². The lowest BCUT2D eigenvalue weighted by Crippen LogP contribution is -2.40. The summed E-state index contributed by atoms with van der Waals surface area (Å²) in [5.41, 5.74) is 8.32. The molecule has 2 fully saturated rings.